The summed E-state index contributed by atoms with van der Waals surface area (Å²) in [6.45, 7) is 2.58. The van der Waals surface area contributed by atoms with Crippen LogP contribution in [0.25, 0.3) is 0 Å². The van der Waals surface area contributed by atoms with Crippen LogP contribution in [0.5, 0.6) is 0 Å². The van der Waals surface area contributed by atoms with E-state index in [-0.39, 0.29) is 0 Å². The lowest BCUT2D eigenvalue weighted by molar-refractivity contribution is 0.305. The van der Waals surface area contributed by atoms with Gasteiger partial charge in [0.15, 0.2) is 0 Å². The third-order valence-corrected chi connectivity index (χ3v) is 3.88. The Morgan fingerprint density at radius 3 is 2.21 bits per heavy atom. The molecule has 2 bridgehead atoms. The largest absolute Gasteiger partial charge is 0.296 e. The highest BCUT2D eigenvalue weighted by molar-refractivity contribution is 6.30. The van der Waals surface area contributed by atoms with Crippen LogP contribution in [-0.4, -0.2) is 18.0 Å². The van der Waals surface area contributed by atoms with Crippen LogP contribution in [0, 0.1) is 5.92 Å². The second-order valence-electron chi connectivity index (χ2n) is 4.37. The number of benzene rings is 1. The maximum absolute atomic E-state index is 5.89. The zero-order valence-corrected chi connectivity index (χ0v) is 8.87. The van der Waals surface area contributed by atoms with E-state index in [1.54, 1.807) is 0 Å². The number of fused-ring (bicyclic) bond motifs is 2. The summed E-state index contributed by atoms with van der Waals surface area (Å²) in [4.78, 5) is 2.61. The van der Waals surface area contributed by atoms with E-state index in [9.17, 15) is 0 Å². The Hall–Kier alpha value is -0.530. The Morgan fingerprint density at radius 2 is 1.71 bits per heavy atom. The van der Waals surface area contributed by atoms with Crippen LogP contribution >= 0.6 is 11.6 Å². The normalized spacial score (nSPS) is 35.1. The van der Waals surface area contributed by atoms with Crippen molar-refractivity contribution in [1.29, 1.82) is 0 Å². The van der Waals surface area contributed by atoms with E-state index >= 15 is 0 Å². The first-order valence-electron chi connectivity index (χ1n) is 5.34. The summed E-state index contributed by atoms with van der Waals surface area (Å²) in [7, 11) is 0. The molecule has 1 aromatic carbocycles. The van der Waals surface area contributed by atoms with Crippen LogP contribution in [-0.2, 0) is 0 Å². The number of hydrogen-bond donors (Lipinski definition) is 0. The summed E-state index contributed by atoms with van der Waals surface area (Å²) in [6, 6.07) is 9.07. The molecule has 0 N–H and O–H groups in total. The highest BCUT2D eigenvalue weighted by Crippen LogP contribution is 2.44. The Bertz CT molecular complexity index is 313. The van der Waals surface area contributed by atoms with Gasteiger partial charge in [-0.1, -0.05) is 23.7 Å². The first-order valence-corrected chi connectivity index (χ1v) is 5.72. The van der Waals surface area contributed by atoms with E-state index in [0.29, 0.717) is 6.04 Å². The van der Waals surface area contributed by atoms with Gasteiger partial charge in [0.2, 0.25) is 0 Å². The molecule has 0 spiro atoms. The molecule has 0 aliphatic carbocycles. The van der Waals surface area contributed by atoms with Gasteiger partial charge in [0.05, 0.1) is 0 Å². The molecular formula is C12H14ClN. The Balaban J connectivity index is 1.92. The summed E-state index contributed by atoms with van der Waals surface area (Å²) in [5.74, 6) is 0.899. The highest BCUT2D eigenvalue weighted by atomic mass is 35.5. The van der Waals surface area contributed by atoms with Crippen LogP contribution in [0.1, 0.15) is 24.4 Å². The molecule has 2 heterocycles. The van der Waals surface area contributed by atoms with Crippen molar-refractivity contribution in [3.05, 3.63) is 34.9 Å². The first kappa shape index (κ1) is 8.75. The van der Waals surface area contributed by atoms with E-state index in [0.717, 1.165) is 10.9 Å². The second-order valence-corrected chi connectivity index (χ2v) is 4.81. The fourth-order valence-corrected chi connectivity index (χ4v) is 3.08. The molecule has 0 unspecified atom stereocenters. The van der Waals surface area contributed by atoms with Gasteiger partial charge >= 0.3 is 0 Å². The van der Waals surface area contributed by atoms with Crippen molar-refractivity contribution in [2.75, 3.05) is 13.1 Å². The van der Waals surface area contributed by atoms with Crippen LogP contribution in [0.15, 0.2) is 24.3 Å². The second kappa shape index (κ2) is 3.25. The summed E-state index contributed by atoms with van der Waals surface area (Å²) in [5.41, 5.74) is 1.45. The molecule has 2 saturated heterocycles. The van der Waals surface area contributed by atoms with E-state index < -0.39 is 0 Å². The Morgan fingerprint density at radius 1 is 1.07 bits per heavy atom. The fraction of sp³-hybridized carbons (Fsp3) is 0.500. The lowest BCUT2D eigenvalue weighted by Gasteiger charge is -2.19. The summed E-state index contributed by atoms with van der Waals surface area (Å²) in [5, 5.41) is 0.842. The summed E-state index contributed by atoms with van der Waals surface area (Å²) >= 11 is 5.89. The maximum Gasteiger partial charge on any atom is 0.0406 e. The molecule has 0 aromatic heterocycles. The van der Waals surface area contributed by atoms with Gasteiger partial charge in [-0.3, -0.25) is 4.90 Å². The minimum absolute atomic E-state index is 0.687. The van der Waals surface area contributed by atoms with Crippen LogP contribution in [0.3, 0.4) is 0 Å². The fourth-order valence-electron chi connectivity index (χ4n) is 2.95. The van der Waals surface area contributed by atoms with Crippen molar-refractivity contribution in [2.24, 2.45) is 5.92 Å². The molecule has 1 aromatic rings. The molecule has 2 heteroatoms. The van der Waals surface area contributed by atoms with Crippen LogP contribution in [0.2, 0.25) is 5.02 Å². The molecular weight excluding hydrogens is 194 g/mol. The van der Waals surface area contributed by atoms with E-state index in [2.05, 4.69) is 17.0 Å². The zero-order chi connectivity index (χ0) is 9.54. The SMILES string of the molecule is Clc1ccc([C@@H]2C3CCN2CC3)cc1. The predicted molar refractivity (Wildman–Crippen MR) is 58.5 cm³/mol. The number of rotatable bonds is 1. The molecule has 1 nitrogen and oxygen atoms in total. The van der Waals surface area contributed by atoms with Crippen molar-refractivity contribution in [2.45, 2.75) is 18.9 Å². The van der Waals surface area contributed by atoms with Crippen molar-refractivity contribution in [3.8, 4) is 0 Å². The molecule has 2 aliphatic heterocycles. The van der Waals surface area contributed by atoms with E-state index in [1.807, 2.05) is 12.1 Å². The number of piperidine rings is 1. The van der Waals surface area contributed by atoms with Gasteiger partial charge in [-0.25, -0.2) is 0 Å². The number of nitrogens with zero attached hydrogens (tertiary/aromatic N) is 1. The highest BCUT2D eigenvalue weighted by Gasteiger charge is 2.40. The topological polar surface area (TPSA) is 3.24 Å². The molecule has 14 heavy (non-hydrogen) atoms. The van der Waals surface area contributed by atoms with Crippen molar-refractivity contribution in [3.63, 3.8) is 0 Å². The minimum Gasteiger partial charge on any atom is -0.296 e. The molecule has 74 valence electrons. The Kier molecular flexibility index (Phi) is 2.03. The van der Waals surface area contributed by atoms with Crippen LogP contribution < -0.4 is 0 Å². The Labute approximate surface area is 89.7 Å². The number of halogens is 1. The summed E-state index contributed by atoms with van der Waals surface area (Å²) < 4.78 is 0. The minimum atomic E-state index is 0.687. The average Bonchev–Trinajstić information content (AvgIpc) is 2.78. The summed E-state index contributed by atoms with van der Waals surface area (Å²) in [6.07, 6.45) is 2.76. The van der Waals surface area contributed by atoms with E-state index in [4.69, 9.17) is 11.6 Å². The van der Waals surface area contributed by atoms with Gasteiger partial charge in [0.25, 0.3) is 0 Å². The van der Waals surface area contributed by atoms with Gasteiger partial charge in [-0.05, 0) is 49.5 Å². The van der Waals surface area contributed by atoms with Gasteiger partial charge in [0, 0.05) is 11.1 Å². The zero-order valence-electron chi connectivity index (χ0n) is 8.12. The monoisotopic (exact) mass is 207 g/mol. The van der Waals surface area contributed by atoms with Crippen molar-refractivity contribution < 1.29 is 0 Å². The van der Waals surface area contributed by atoms with Gasteiger partial charge in [-0.15, -0.1) is 0 Å². The lowest BCUT2D eigenvalue weighted by Crippen LogP contribution is -2.19. The predicted octanol–water partition coefficient (Wildman–Crippen LogP) is 3.11. The lowest BCUT2D eigenvalue weighted by atomic mass is 9.94. The van der Waals surface area contributed by atoms with Gasteiger partial charge < -0.3 is 0 Å². The molecule has 2 fully saturated rings. The van der Waals surface area contributed by atoms with E-state index in [1.165, 1.54) is 31.5 Å². The molecule has 0 radical (unpaired) electrons. The molecule has 3 rings (SSSR count). The molecule has 1 atom stereocenters. The van der Waals surface area contributed by atoms with Crippen molar-refractivity contribution >= 4 is 11.6 Å². The third-order valence-electron chi connectivity index (χ3n) is 3.63. The van der Waals surface area contributed by atoms with Crippen LogP contribution in [0.4, 0.5) is 0 Å². The standard InChI is InChI=1S/C12H14ClN/c13-11-3-1-9(2-4-11)12-10-5-7-14(12)8-6-10/h1-4,10,12H,5-8H2/t12-/m1/s1. The maximum atomic E-state index is 5.89. The molecule has 0 saturated carbocycles. The van der Waals surface area contributed by atoms with Crippen molar-refractivity contribution in [1.82, 2.24) is 4.90 Å². The molecule has 2 aliphatic rings. The average molecular weight is 208 g/mol. The third kappa shape index (κ3) is 1.27. The van der Waals surface area contributed by atoms with Gasteiger partial charge in [-0.2, -0.15) is 0 Å². The molecule has 0 amide bonds. The number of hydrogen-bond acceptors (Lipinski definition) is 1. The smallest absolute Gasteiger partial charge is 0.0406 e. The van der Waals surface area contributed by atoms with Gasteiger partial charge in [0.1, 0.15) is 0 Å². The first-order chi connectivity index (χ1) is 6.84. The quantitative estimate of drug-likeness (QED) is 0.684.